The van der Waals surface area contributed by atoms with Crippen LogP contribution in [0.25, 0.3) is 0 Å². The molecule has 5 heteroatoms. The molecule has 0 aromatic heterocycles. The van der Waals surface area contributed by atoms with E-state index in [4.69, 9.17) is 16.3 Å². The maximum Gasteiger partial charge on any atom is 0.257 e. The molecule has 1 fully saturated rings. The Labute approximate surface area is 117 Å². The van der Waals surface area contributed by atoms with E-state index in [1.54, 1.807) is 17.0 Å². The van der Waals surface area contributed by atoms with Gasteiger partial charge in [-0.3, -0.25) is 4.79 Å². The van der Waals surface area contributed by atoms with E-state index in [1.807, 2.05) is 0 Å². The number of hydrogen-bond donors (Lipinski definition) is 1. The summed E-state index contributed by atoms with van der Waals surface area (Å²) >= 11 is 5.87. The van der Waals surface area contributed by atoms with Crippen LogP contribution >= 0.6 is 11.6 Å². The van der Waals surface area contributed by atoms with Gasteiger partial charge in [0.05, 0.1) is 12.7 Å². The highest BCUT2D eigenvalue weighted by molar-refractivity contribution is 6.18. The molecular formula is C14H18ClNO3. The van der Waals surface area contributed by atoms with Gasteiger partial charge in [0.1, 0.15) is 11.5 Å². The first-order valence-electron chi connectivity index (χ1n) is 6.38. The third-order valence-electron chi connectivity index (χ3n) is 3.46. The van der Waals surface area contributed by atoms with Crippen LogP contribution in [-0.4, -0.2) is 42.0 Å². The normalized spacial score (nSPS) is 19.3. The number of rotatable bonds is 3. The molecule has 0 spiro atoms. The minimum absolute atomic E-state index is 0.0150. The van der Waals surface area contributed by atoms with Crippen LogP contribution < -0.4 is 4.74 Å². The SMILES string of the molecule is COc1ccc(O)c(C(=O)N2CCCC(CCl)C2)c1. The van der Waals surface area contributed by atoms with Crippen molar-refractivity contribution < 1.29 is 14.6 Å². The zero-order valence-corrected chi connectivity index (χ0v) is 11.7. The number of aromatic hydroxyl groups is 1. The molecular weight excluding hydrogens is 266 g/mol. The predicted molar refractivity (Wildman–Crippen MR) is 74.0 cm³/mol. The number of nitrogens with zero attached hydrogens (tertiary/aromatic N) is 1. The Kier molecular flexibility index (Phi) is 4.53. The molecule has 19 heavy (non-hydrogen) atoms. The number of benzene rings is 1. The lowest BCUT2D eigenvalue weighted by Crippen LogP contribution is -2.40. The number of phenols is 1. The number of piperidine rings is 1. The van der Waals surface area contributed by atoms with Crippen LogP contribution in [0.3, 0.4) is 0 Å². The monoisotopic (exact) mass is 283 g/mol. The van der Waals surface area contributed by atoms with Crippen LogP contribution in [-0.2, 0) is 0 Å². The van der Waals surface area contributed by atoms with Crippen molar-refractivity contribution in [1.29, 1.82) is 0 Å². The van der Waals surface area contributed by atoms with Gasteiger partial charge in [0.25, 0.3) is 5.91 Å². The van der Waals surface area contributed by atoms with Gasteiger partial charge < -0.3 is 14.7 Å². The lowest BCUT2D eigenvalue weighted by atomic mass is 9.99. The molecule has 1 atom stereocenters. The number of halogens is 1. The van der Waals surface area contributed by atoms with Crippen molar-refractivity contribution >= 4 is 17.5 Å². The molecule has 0 saturated carbocycles. The second-order valence-electron chi connectivity index (χ2n) is 4.80. The lowest BCUT2D eigenvalue weighted by Gasteiger charge is -2.32. The number of carbonyl (C=O) groups excluding carboxylic acids is 1. The Morgan fingerprint density at radius 3 is 3.05 bits per heavy atom. The molecule has 1 heterocycles. The summed E-state index contributed by atoms with van der Waals surface area (Å²) in [6.45, 7) is 1.36. The molecule has 104 valence electrons. The van der Waals surface area contributed by atoms with E-state index in [0.29, 0.717) is 30.6 Å². The van der Waals surface area contributed by atoms with Crippen LogP contribution in [0.4, 0.5) is 0 Å². The Hall–Kier alpha value is -1.42. The summed E-state index contributed by atoms with van der Waals surface area (Å²) < 4.78 is 5.09. The first kappa shape index (κ1) is 14.0. The molecule has 1 aliphatic rings. The van der Waals surface area contributed by atoms with Gasteiger partial charge in [0, 0.05) is 19.0 Å². The van der Waals surface area contributed by atoms with Crippen LogP contribution in [0.2, 0.25) is 0 Å². The molecule has 1 aromatic rings. The minimum Gasteiger partial charge on any atom is -0.507 e. The predicted octanol–water partition coefficient (Wildman–Crippen LogP) is 2.49. The maximum absolute atomic E-state index is 12.4. The van der Waals surface area contributed by atoms with Crippen molar-refractivity contribution in [2.45, 2.75) is 12.8 Å². The number of amides is 1. The molecule has 0 bridgehead atoms. The third kappa shape index (κ3) is 3.13. The van der Waals surface area contributed by atoms with E-state index >= 15 is 0 Å². The van der Waals surface area contributed by atoms with Crippen molar-refractivity contribution in [2.24, 2.45) is 5.92 Å². The highest BCUT2D eigenvalue weighted by Gasteiger charge is 2.25. The molecule has 1 amide bonds. The summed E-state index contributed by atoms with van der Waals surface area (Å²) in [5.41, 5.74) is 0.287. The summed E-state index contributed by atoms with van der Waals surface area (Å²) in [4.78, 5) is 14.2. The average molecular weight is 284 g/mol. The number of methoxy groups -OCH3 is 1. The quantitative estimate of drug-likeness (QED) is 0.867. The molecule has 2 rings (SSSR count). The molecule has 1 saturated heterocycles. The third-order valence-corrected chi connectivity index (χ3v) is 3.89. The van der Waals surface area contributed by atoms with Gasteiger partial charge in [-0.05, 0) is 37.0 Å². The van der Waals surface area contributed by atoms with Gasteiger partial charge >= 0.3 is 0 Å². The number of hydrogen-bond acceptors (Lipinski definition) is 3. The van der Waals surface area contributed by atoms with Gasteiger partial charge in [-0.15, -0.1) is 11.6 Å². The largest absolute Gasteiger partial charge is 0.507 e. The van der Waals surface area contributed by atoms with E-state index in [2.05, 4.69) is 0 Å². The fourth-order valence-corrected chi connectivity index (χ4v) is 2.61. The molecule has 1 aliphatic heterocycles. The zero-order valence-electron chi connectivity index (χ0n) is 10.9. The van der Waals surface area contributed by atoms with Crippen molar-refractivity contribution in [3.8, 4) is 11.5 Å². The van der Waals surface area contributed by atoms with Gasteiger partial charge in [-0.25, -0.2) is 0 Å². The Bertz CT molecular complexity index is 464. The molecule has 4 nitrogen and oxygen atoms in total. The van der Waals surface area contributed by atoms with Crippen LogP contribution in [0.5, 0.6) is 11.5 Å². The number of likely N-dealkylation sites (tertiary alicyclic amines) is 1. The summed E-state index contributed by atoms with van der Waals surface area (Å²) in [5.74, 6) is 1.29. The van der Waals surface area contributed by atoms with Crippen LogP contribution in [0.1, 0.15) is 23.2 Å². The summed E-state index contributed by atoms with van der Waals surface area (Å²) in [7, 11) is 1.53. The van der Waals surface area contributed by atoms with Crippen LogP contribution in [0, 0.1) is 5.92 Å². The van der Waals surface area contributed by atoms with Crippen LogP contribution in [0.15, 0.2) is 18.2 Å². The second kappa shape index (κ2) is 6.15. The smallest absolute Gasteiger partial charge is 0.257 e. The van der Waals surface area contributed by atoms with Crippen molar-refractivity contribution in [3.63, 3.8) is 0 Å². The van der Waals surface area contributed by atoms with Gasteiger partial charge in [0.15, 0.2) is 0 Å². The number of ether oxygens (including phenoxy) is 1. The Balaban J connectivity index is 2.18. The van der Waals surface area contributed by atoms with E-state index in [1.165, 1.54) is 13.2 Å². The van der Waals surface area contributed by atoms with E-state index in [0.717, 1.165) is 12.8 Å². The number of phenolic OH excluding ortho intramolecular Hbond substituents is 1. The molecule has 1 N–H and O–H groups in total. The standard InChI is InChI=1S/C14H18ClNO3/c1-19-11-4-5-13(17)12(7-11)14(18)16-6-2-3-10(8-15)9-16/h4-5,7,10,17H,2-3,6,8-9H2,1H3. The Morgan fingerprint density at radius 2 is 2.37 bits per heavy atom. The van der Waals surface area contributed by atoms with Crippen molar-refractivity contribution in [2.75, 3.05) is 26.1 Å². The first-order valence-corrected chi connectivity index (χ1v) is 6.91. The zero-order chi connectivity index (χ0) is 13.8. The van der Waals surface area contributed by atoms with E-state index in [-0.39, 0.29) is 17.2 Å². The maximum atomic E-state index is 12.4. The molecule has 1 aromatic carbocycles. The van der Waals surface area contributed by atoms with Crippen molar-refractivity contribution in [3.05, 3.63) is 23.8 Å². The molecule has 0 aliphatic carbocycles. The summed E-state index contributed by atoms with van der Waals surface area (Å²) in [6, 6.07) is 4.68. The molecule has 0 radical (unpaired) electrons. The second-order valence-corrected chi connectivity index (χ2v) is 5.11. The number of carbonyl (C=O) groups is 1. The summed E-state index contributed by atoms with van der Waals surface area (Å²) in [6.07, 6.45) is 2.01. The van der Waals surface area contributed by atoms with Gasteiger partial charge in [0.2, 0.25) is 0 Å². The van der Waals surface area contributed by atoms with E-state index in [9.17, 15) is 9.90 Å². The summed E-state index contributed by atoms with van der Waals surface area (Å²) in [5, 5.41) is 9.83. The molecule has 1 unspecified atom stereocenters. The van der Waals surface area contributed by atoms with Gasteiger partial charge in [-0.1, -0.05) is 0 Å². The van der Waals surface area contributed by atoms with E-state index < -0.39 is 0 Å². The fraction of sp³-hybridized carbons (Fsp3) is 0.500. The number of alkyl halides is 1. The average Bonchev–Trinajstić information content (AvgIpc) is 2.47. The highest BCUT2D eigenvalue weighted by Crippen LogP contribution is 2.26. The van der Waals surface area contributed by atoms with Gasteiger partial charge in [-0.2, -0.15) is 0 Å². The topological polar surface area (TPSA) is 49.8 Å². The minimum atomic E-state index is -0.161. The fourth-order valence-electron chi connectivity index (χ4n) is 2.36. The Morgan fingerprint density at radius 1 is 1.58 bits per heavy atom. The van der Waals surface area contributed by atoms with Crippen molar-refractivity contribution in [1.82, 2.24) is 4.90 Å². The lowest BCUT2D eigenvalue weighted by molar-refractivity contribution is 0.0681. The first-order chi connectivity index (χ1) is 9.15. The highest BCUT2D eigenvalue weighted by atomic mass is 35.5.